The topological polar surface area (TPSA) is 3.24 Å². The van der Waals surface area contributed by atoms with Gasteiger partial charge in [-0.25, -0.2) is 0 Å². The average Bonchev–Trinajstić information content (AvgIpc) is 3.87. The van der Waals surface area contributed by atoms with Gasteiger partial charge in [0.25, 0.3) is 0 Å². The van der Waals surface area contributed by atoms with E-state index in [1.165, 1.54) is 97.7 Å². The lowest BCUT2D eigenvalue weighted by atomic mass is 9.82. The molecule has 1 fully saturated rings. The van der Waals surface area contributed by atoms with Gasteiger partial charge in [0.1, 0.15) is 0 Å². The maximum absolute atomic E-state index is 2.50. The molecule has 0 radical (unpaired) electrons. The van der Waals surface area contributed by atoms with Crippen LogP contribution in [0.5, 0.6) is 0 Å². The fourth-order valence-electron chi connectivity index (χ4n) is 9.61. The number of benzene rings is 8. The third-order valence-electron chi connectivity index (χ3n) is 12.4. The number of anilines is 3. The summed E-state index contributed by atoms with van der Waals surface area (Å²) in [4.78, 5) is 2.46. The summed E-state index contributed by atoms with van der Waals surface area (Å²) >= 11 is 0. The Bertz CT molecular complexity index is 2660. The zero-order valence-corrected chi connectivity index (χ0v) is 31.7. The van der Waals surface area contributed by atoms with E-state index in [9.17, 15) is 0 Å². The Labute approximate surface area is 325 Å². The Hall–Kier alpha value is -6.18. The zero-order valence-electron chi connectivity index (χ0n) is 31.7. The molecule has 10 rings (SSSR count). The Kier molecular flexibility index (Phi) is 8.25. The predicted octanol–water partition coefficient (Wildman–Crippen LogP) is 15.3. The fourth-order valence-corrected chi connectivity index (χ4v) is 9.61. The largest absolute Gasteiger partial charge is 0.310 e. The molecule has 0 spiro atoms. The molecule has 2 aliphatic rings. The third-order valence-corrected chi connectivity index (χ3v) is 12.4. The Balaban J connectivity index is 1.13. The van der Waals surface area contributed by atoms with Crippen LogP contribution in [0.3, 0.4) is 0 Å². The van der Waals surface area contributed by atoms with Crippen molar-refractivity contribution in [3.8, 4) is 44.5 Å². The first kappa shape index (κ1) is 33.4. The van der Waals surface area contributed by atoms with Crippen LogP contribution in [0.4, 0.5) is 17.1 Å². The van der Waals surface area contributed by atoms with Gasteiger partial charge in [-0.3, -0.25) is 0 Å². The van der Waals surface area contributed by atoms with Gasteiger partial charge in [-0.1, -0.05) is 178 Å². The normalized spacial score (nSPS) is 14.5. The second-order valence-electron chi connectivity index (χ2n) is 16.0. The van der Waals surface area contributed by atoms with Crippen LogP contribution in [0, 0.1) is 0 Å². The SMILES string of the molecule is CC1(C)c2ccccc2-c2ccc(N(c3ccc(-c4cccc5cc(C6CCCC6)cc(-c6ccccc6)c45)cc3)c3ccccc3-c3ccccc3)cc21. The highest BCUT2D eigenvalue weighted by molar-refractivity contribution is 6.07. The molecule has 1 heteroatoms. The molecular weight excluding hydrogens is 663 g/mol. The third kappa shape index (κ3) is 5.78. The van der Waals surface area contributed by atoms with Crippen LogP contribution >= 0.6 is 0 Å². The molecule has 0 amide bonds. The van der Waals surface area contributed by atoms with Gasteiger partial charge in [0, 0.05) is 22.4 Å². The van der Waals surface area contributed by atoms with Crippen molar-refractivity contribution in [3.05, 3.63) is 199 Å². The molecule has 0 heterocycles. The molecule has 2 aliphatic carbocycles. The summed E-state index contributed by atoms with van der Waals surface area (Å²) in [6, 6.07) is 67.7. The summed E-state index contributed by atoms with van der Waals surface area (Å²) in [5, 5.41) is 2.65. The number of fused-ring (bicyclic) bond motifs is 4. The molecule has 0 bridgehead atoms. The smallest absolute Gasteiger partial charge is 0.0540 e. The Morgan fingerprint density at radius 1 is 0.436 bits per heavy atom. The van der Waals surface area contributed by atoms with E-state index in [1.807, 2.05) is 0 Å². The van der Waals surface area contributed by atoms with Crippen LogP contribution < -0.4 is 4.90 Å². The van der Waals surface area contributed by atoms with Crippen LogP contribution in [-0.4, -0.2) is 0 Å². The van der Waals surface area contributed by atoms with Gasteiger partial charge < -0.3 is 4.90 Å². The van der Waals surface area contributed by atoms with Crippen molar-refractivity contribution in [2.24, 2.45) is 0 Å². The molecule has 0 aliphatic heterocycles. The number of rotatable bonds is 7. The van der Waals surface area contributed by atoms with Crippen molar-refractivity contribution < 1.29 is 0 Å². The lowest BCUT2D eigenvalue weighted by Gasteiger charge is -2.30. The first-order chi connectivity index (χ1) is 27.0. The highest BCUT2D eigenvalue weighted by atomic mass is 15.1. The van der Waals surface area contributed by atoms with Gasteiger partial charge in [-0.05, 0) is 115 Å². The first-order valence-corrected chi connectivity index (χ1v) is 20.0. The minimum atomic E-state index is -0.0983. The molecule has 8 aromatic carbocycles. The first-order valence-electron chi connectivity index (χ1n) is 20.0. The minimum Gasteiger partial charge on any atom is -0.310 e. The minimum absolute atomic E-state index is 0.0983. The van der Waals surface area contributed by atoms with Crippen molar-refractivity contribution in [2.45, 2.75) is 50.9 Å². The summed E-state index contributed by atoms with van der Waals surface area (Å²) in [6.45, 7) is 4.73. The zero-order chi connectivity index (χ0) is 36.9. The number of hydrogen-bond acceptors (Lipinski definition) is 1. The van der Waals surface area contributed by atoms with Gasteiger partial charge in [-0.2, -0.15) is 0 Å². The van der Waals surface area contributed by atoms with Gasteiger partial charge in [-0.15, -0.1) is 0 Å². The van der Waals surface area contributed by atoms with Crippen LogP contribution in [0.1, 0.15) is 62.1 Å². The van der Waals surface area contributed by atoms with Crippen molar-refractivity contribution in [2.75, 3.05) is 4.90 Å². The maximum atomic E-state index is 2.50. The molecule has 0 saturated heterocycles. The van der Waals surface area contributed by atoms with E-state index in [1.54, 1.807) is 0 Å². The van der Waals surface area contributed by atoms with E-state index in [0.717, 1.165) is 17.1 Å². The number of nitrogens with zero attached hydrogens (tertiary/aromatic N) is 1. The highest BCUT2D eigenvalue weighted by Gasteiger charge is 2.36. The van der Waals surface area contributed by atoms with Crippen molar-refractivity contribution in [1.29, 1.82) is 0 Å². The van der Waals surface area contributed by atoms with Crippen LogP contribution in [0.2, 0.25) is 0 Å². The van der Waals surface area contributed by atoms with E-state index in [4.69, 9.17) is 0 Å². The van der Waals surface area contributed by atoms with Crippen molar-refractivity contribution in [3.63, 3.8) is 0 Å². The fraction of sp³-hybridized carbons (Fsp3) is 0.148. The summed E-state index contributed by atoms with van der Waals surface area (Å²) in [5.74, 6) is 0.651. The van der Waals surface area contributed by atoms with Crippen LogP contribution in [0.25, 0.3) is 55.3 Å². The molecule has 0 atom stereocenters. The molecule has 0 unspecified atom stereocenters. The second kappa shape index (κ2) is 13.6. The lowest BCUT2D eigenvalue weighted by Crippen LogP contribution is -2.16. The van der Waals surface area contributed by atoms with E-state index >= 15 is 0 Å². The summed E-state index contributed by atoms with van der Waals surface area (Å²) in [7, 11) is 0. The van der Waals surface area contributed by atoms with E-state index in [2.05, 4.69) is 201 Å². The van der Waals surface area contributed by atoms with Gasteiger partial charge in [0.05, 0.1) is 5.69 Å². The van der Waals surface area contributed by atoms with Crippen molar-refractivity contribution >= 4 is 27.8 Å². The molecule has 1 nitrogen and oxygen atoms in total. The lowest BCUT2D eigenvalue weighted by molar-refractivity contribution is 0.660. The molecule has 0 N–H and O–H groups in total. The van der Waals surface area contributed by atoms with Crippen molar-refractivity contribution in [1.82, 2.24) is 0 Å². The molecular formula is C54H45N. The van der Waals surface area contributed by atoms with Gasteiger partial charge in [0.15, 0.2) is 0 Å². The molecule has 0 aromatic heterocycles. The quantitative estimate of drug-likeness (QED) is 0.159. The summed E-state index contributed by atoms with van der Waals surface area (Å²) in [5.41, 5.74) is 17.8. The summed E-state index contributed by atoms with van der Waals surface area (Å²) in [6.07, 6.45) is 5.25. The molecule has 1 saturated carbocycles. The highest BCUT2D eigenvalue weighted by Crippen LogP contribution is 2.51. The summed E-state index contributed by atoms with van der Waals surface area (Å²) < 4.78 is 0. The average molecular weight is 708 g/mol. The molecule has 55 heavy (non-hydrogen) atoms. The Morgan fingerprint density at radius 3 is 1.76 bits per heavy atom. The van der Waals surface area contributed by atoms with Gasteiger partial charge in [0.2, 0.25) is 0 Å². The van der Waals surface area contributed by atoms with Crippen LogP contribution in [-0.2, 0) is 5.41 Å². The monoisotopic (exact) mass is 707 g/mol. The van der Waals surface area contributed by atoms with Gasteiger partial charge >= 0.3 is 0 Å². The van der Waals surface area contributed by atoms with E-state index < -0.39 is 0 Å². The Morgan fingerprint density at radius 2 is 1.02 bits per heavy atom. The van der Waals surface area contributed by atoms with Crippen LogP contribution in [0.15, 0.2) is 182 Å². The predicted molar refractivity (Wildman–Crippen MR) is 234 cm³/mol. The second-order valence-corrected chi connectivity index (χ2v) is 16.0. The number of hydrogen-bond donors (Lipinski definition) is 0. The number of para-hydroxylation sites is 1. The molecule has 8 aromatic rings. The standard InChI is InChI=1S/C54H45N/c1-54(2)50-26-13-11-24-47(50)48-33-32-44(36-51(48)54)55(52-27-14-12-23-45(52)38-18-5-3-6-19-38)43-30-28-40(29-31-43)46-25-15-22-41-34-42(37-16-9-10-17-37)35-49(53(41)46)39-20-7-4-8-21-39/h3-8,11-15,18-37H,9-10,16-17H2,1-2H3. The van der Waals surface area contributed by atoms with E-state index in [0.29, 0.717) is 5.92 Å². The molecule has 266 valence electrons. The van der Waals surface area contributed by atoms with E-state index in [-0.39, 0.29) is 5.41 Å². The maximum Gasteiger partial charge on any atom is 0.0540 e.